The van der Waals surface area contributed by atoms with E-state index in [0.29, 0.717) is 0 Å². The molecule has 0 N–H and O–H groups in total. The van der Waals surface area contributed by atoms with E-state index >= 15 is 0 Å². The summed E-state index contributed by atoms with van der Waals surface area (Å²) in [6.45, 7) is 0. The van der Waals surface area contributed by atoms with Crippen LogP contribution in [0.3, 0.4) is 0 Å². The fraction of sp³-hybridized carbons (Fsp3) is 0.385. The average molecular weight is 327 g/mol. The normalized spacial score (nSPS) is 13.1. The maximum absolute atomic E-state index is 13.3. The molecule has 0 spiro atoms. The van der Waals surface area contributed by atoms with Gasteiger partial charge >= 0.3 is 6.18 Å². The van der Waals surface area contributed by atoms with E-state index in [-0.39, 0.29) is 17.0 Å². The van der Waals surface area contributed by atoms with Gasteiger partial charge in [-0.3, -0.25) is 4.57 Å². The van der Waals surface area contributed by atoms with Gasteiger partial charge < -0.3 is 9.80 Å². The molecule has 0 unspecified atom stereocenters. The molecule has 0 fully saturated rings. The summed E-state index contributed by atoms with van der Waals surface area (Å²) in [5.41, 5.74) is -0.665. The van der Waals surface area contributed by atoms with Gasteiger partial charge in [0, 0.05) is 34.4 Å². The zero-order chi connectivity index (χ0) is 17.2. The third-order valence-electron chi connectivity index (χ3n) is 2.66. The van der Waals surface area contributed by atoms with Crippen molar-refractivity contribution in [2.45, 2.75) is 6.18 Å². The number of aliphatic imine (C=N–C) groups is 1. The predicted molar refractivity (Wildman–Crippen MR) is 81.2 cm³/mol. The molecule has 0 aliphatic rings. The number of fused-ring (bicyclic) bond motifs is 1. The van der Waals surface area contributed by atoms with Gasteiger partial charge in [-0.05, 0) is 0 Å². The van der Waals surface area contributed by atoms with Gasteiger partial charge in [0.1, 0.15) is 18.4 Å². The largest absolute Gasteiger partial charge is 0.433 e. The number of allylic oxidation sites excluding steroid dienone is 1. The third kappa shape index (κ3) is 3.76. The van der Waals surface area contributed by atoms with Crippen molar-refractivity contribution in [1.82, 2.24) is 29.3 Å². The molecule has 2 heterocycles. The summed E-state index contributed by atoms with van der Waals surface area (Å²) in [5, 5.41) is 0. The molecule has 0 amide bonds. The van der Waals surface area contributed by atoms with Gasteiger partial charge in [-0.25, -0.2) is 19.9 Å². The molecular formula is C13H16F3N7. The molecule has 0 aliphatic heterocycles. The van der Waals surface area contributed by atoms with Crippen molar-refractivity contribution in [3.05, 3.63) is 18.9 Å². The van der Waals surface area contributed by atoms with Crippen molar-refractivity contribution >= 4 is 29.0 Å². The number of aromatic nitrogens is 4. The lowest BCUT2D eigenvalue weighted by Crippen LogP contribution is -2.19. The van der Waals surface area contributed by atoms with Crippen molar-refractivity contribution in [3.63, 3.8) is 0 Å². The monoisotopic (exact) mass is 327 g/mol. The smallest absolute Gasteiger partial charge is 0.382 e. The molecule has 0 aliphatic carbocycles. The molecular weight excluding hydrogens is 311 g/mol. The van der Waals surface area contributed by atoms with Gasteiger partial charge in [-0.1, -0.05) is 0 Å². The van der Waals surface area contributed by atoms with Crippen molar-refractivity contribution < 1.29 is 13.2 Å². The quantitative estimate of drug-likeness (QED) is 0.635. The first-order chi connectivity index (χ1) is 10.7. The second-order valence-electron chi connectivity index (χ2n) is 5.17. The Labute approximate surface area is 130 Å². The van der Waals surface area contributed by atoms with E-state index in [2.05, 4.69) is 19.9 Å². The van der Waals surface area contributed by atoms with E-state index in [4.69, 9.17) is 0 Å². The number of nitrogens with zero attached hydrogens (tertiary/aromatic N) is 7. The summed E-state index contributed by atoms with van der Waals surface area (Å²) in [6.07, 6.45) is 0.117. The number of rotatable bonds is 4. The summed E-state index contributed by atoms with van der Waals surface area (Å²) >= 11 is 0. The van der Waals surface area contributed by atoms with Crippen LogP contribution in [0.5, 0.6) is 0 Å². The fourth-order valence-corrected chi connectivity index (χ4v) is 1.78. The Morgan fingerprint density at radius 1 is 1.13 bits per heavy atom. The van der Waals surface area contributed by atoms with Gasteiger partial charge in [0.25, 0.3) is 0 Å². The molecule has 0 bridgehead atoms. The molecule has 0 radical (unpaired) electrons. The van der Waals surface area contributed by atoms with Crippen LogP contribution in [-0.4, -0.2) is 70.0 Å². The number of imidazole rings is 1. The molecule has 2 aromatic heterocycles. The first-order valence-electron chi connectivity index (χ1n) is 6.54. The number of hydrogen-bond acceptors (Lipinski definition) is 5. The van der Waals surface area contributed by atoms with Crippen LogP contribution in [0.1, 0.15) is 0 Å². The highest BCUT2D eigenvalue weighted by Crippen LogP contribution is 2.32. The van der Waals surface area contributed by atoms with E-state index in [1.54, 1.807) is 19.0 Å². The highest BCUT2D eigenvalue weighted by atomic mass is 19.4. The van der Waals surface area contributed by atoms with Gasteiger partial charge in [0.15, 0.2) is 17.0 Å². The standard InChI is InChI=1S/C13H16F3N7/c1-21(2)5-9(13(14,15)16)23-8-19-10-11(20-7-22(3)4)17-6-18-12(10)23/h5-8H,1-4H3/b9-5+,20-7+. The molecule has 0 saturated heterocycles. The Kier molecular flexibility index (Phi) is 4.52. The maximum Gasteiger partial charge on any atom is 0.433 e. The minimum Gasteiger partial charge on any atom is -0.382 e. The van der Waals surface area contributed by atoms with Crippen LogP contribution in [0.25, 0.3) is 16.9 Å². The summed E-state index contributed by atoms with van der Waals surface area (Å²) in [5.74, 6) is 0.203. The van der Waals surface area contributed by atoms with Crippen LogP contribution < -0.4 is 0 Å². The van der Waals surface area contributed by atoms with Crippen molar-refractivity contribution in [3.8, 4) is 0 Å². The van der Waals surface area contributed by atoms with E-state index in [0.717, 1.165) is 23.4 Å². The number of halogens is 3. The molecule has 2 aromatic rings. The second-order valence-corrected chi connectivity index (χ2v) is 5.17. The Balaban J connectivity index is 2.61. The number of alkyl halides is 3. The topological polar surface area (TPSA) is 62.4 Å². The van der Waals surface area contributed by atoms with Crippen LogP contribution in [0.4, 0.5) is 19.0 Å². The van der Waals surface area contributed by atoms with E-state index in [1.807, 2.05) is 0 Å². The SMILES string of the molecule is CN(C)/C=N/c1ncnc2c1ncn2/C(=C/N(C)C)C(F)(F)F. The van der Waals surface area contributed by atoms with Crippen molar-refractivity contribution in [1.29, 1.82) is 0 Å². The maximum atomic E-state index is 13.3. The molecule has 0 saturated carbocycles. The lowest BCUT2D eigenvalue weighted by atomic mass is 10.4. The van der Waals surface area contributed by atoms with Crippen LogP contribution in [-0.2, 0) is 0 Å². The first kappa shape index (κ1) is 16.7. The average Bonchev–Trinajstić information content (AvgIpc) is 2.85. The first-order valence-corrected chi connectivity index (χ1v) is 6.54. The Morgan fingerprint density at radius 3 is 2.39 bits per heavy atom. The minimum absolute atomic E-state index is 0.0383. The summed E-state index contributed by atoms with van der Waals surface area (Å²) in [4.78, 5) is 18.9. The summed E-state index contributed by atoms with van der Waals surface area (Å²) < 4.78 is 40.8. The predicted octanol–water partition coefficient (Wildman–Crippen LogP) is 1.97. The molecule has 124 valence electrons. The molecule has 10 heteroatoms. The molecule has 2 rings (SSSR count). The lowest BCUT2D eigenvalue weighted by molar-refractivity contribution is -0.0741. The van der Waals surface area contributed by atoms with Gasteiger partial charge in [0.05, 0.1) is 6.34 Å². The van der Waals surface area contributed by atoms with Crippen molar-refractivity contribution in [2.75, 3.05) is 28.2 Å². The van der Waals surface area contributed by atoms with Gasteiger partial charge in [-0.2, -0.15) is 13.2 Å². The second kappa shape index (κ2) is 6.23. The zero-order valence-corrected chi connectivity index (χ0v) is 13.1. The Morgan fingerprint density at radius 2 is 1.83 bits per heavy atom. The Hall–Kier alpha value is -2.65. The van der Waals surface area contributed by atoms with Crippen LogP contribution in [0.2, 0.25) is 0 Å². The van der Waals surface area contributed by atoms with Crippen LogP contribution in [0, 0.1) is 0 Å². The summed E-state index contributed by atoms with van der Waals surface area (Å²) in [7, 11) is 6.55. The van der Waals surface area contributed by atoms with Crippen molar-refractivity contribution in [2.24, 2.45) is 4.99 Å². The summed E-state index contributed by atoms with van der Waals surface area (Å²) in [6, 6.07) is 0. The highest BCUT2D eigenvalue weighted by molar-refractivity contribution is 5.85. The minimum atomic E-state index is -4.56. The molecule has 0 aromatic carbocycles. The van der Waals surface area contributed by atoms with Gasteiger partial charge in [-0.15, -0.1) is 0 Å². The zero-order valence-electron chi connectivity index (χ0n) is 13.1. The highest BCUT2D eigenvalue weighted by Gasteiger charge is 2.36. The van der Waals surface area contributed by atoms with E-state index < -0.39 is 11.9 Å². The van der Waals surface area contributed by atoms with Crippen LogP contribution >= 0.6 is 0 Å². The molecule has 23 heavy (non-hydrogen) atoms. The van der Waals surface area contributed by atoms with E-state index in [1.165, 1.54) is 25.3 Å². The molecule has 7 nitrogen and oxygen atoms in total. The fourth-order valence-electron chi connectivity index (χ4n) is 1.78. The molecule has 0 atom stereocenters. The number of hydrogen-bond donors (Lipinski definition) is 0. The van der Waals surface area contributed by atoms with E-state index in [9.17, 15) is 13.2 Å². The lowest BCUT2D eigenvalue weighted by Gasteiger charge is -2.16. The van der Waals surface area contributed by atoms with Crippen LogP contribution in [0.15, 0.2) is 23.8 Å². The van der Waals surface area contributed by atoms with Gasteiger partial charge in [0.2, 0.25) is 0 Å². The Bertz CT molecular complexity index is 744. The third-order valence-corrected chi connectivity index (χ3v) is 2.66.